The smallest absolute Gasteiger partial charge is 0.367 e. The summed E-state index contributed by atoms with van der Waals surface area (Å²) in [5.41, 5.74) is 1.65. The molecule has 12 heteroatoms. The molecule has 0 saturated heterocycles. The van der Waals surface area contributed by atoms with E-state index in [-0.39, 0.29) is 34.2 Å². The predicted octanol–water partition coefficient (Wildman–Crippen LogP) is 8.24. The maximum atomic E-state index is 12.6. The van der Waals surface area contributed by atoms with Crippen LogP contribution in [-0.4, -0.2) is 49.0 Å². The Morgan fingerprint density at radius 2 is 1.49 bits per heavy atom. The lowest BCUT2D eigenvalue weighted by atomic mass is 9.99. The van der Waals surface area contributed by atoms with Crippen LogP contribution in [0.5, 0.6) is 5.75 Å². The third-order valence-electron chi connectivity index (χ3n) is 8.08. The second-order valence-corrected chi connectivity index (χ2v) is 15.1. The number of rotatable bonds is 10. The highest BCUT2D eigenvalue weighted by Crippen LogP contribution is 2.49. The zero-order valence-corrected chi connectivity index (χ0v) is 28.4. The van der Waals surface area contributed by atoms with Gasteiger partial charge in [0, 0.05) is 38.9 Å². The van der Waals surface area contributed by atoms with Gasteiger partial charge >= 0.3 is 17.2 Å². The van der Waals surface area contributed by atoms with Gasteiger partial charge in [-0.2, -0.15) is 8.78 Å². The first kappa shape index (κ1) is 36.0. The van der Waals surface area contributed by atoms with Gasteiger partial charge in [-0.3, -0.25) is 0 Å². The Bertz CT molecular complexity index is 1830. The van der Waals surface area contributed by atoms with Crippen molar-refractivity contribution in [2.75, 3.05) is 13.2 Å². The molecule has 3 aromatic carbocycles. The van der Waals surface area contributed by atoms with E-state index in [1.807, 2.05) is 0 Å². The van der Waals surface area contributed by atoms with Crippen LogP contribution in [0, 0.1) is 13.8 Å². The first-order valence-corrected chi connectivity index (χ1v) is 17.8. The molecule has 5 rings (SSSR count). The fraction of sp³-hybridized carbons (Fsp3) is 0.371. The zero-order valence-electron chi connectivity index (χ0n) is 26.8. The molecule has 1 aliphatic carbocycles. The lowest BCUT2D eigenvalue weighted by molar-refractivity contribution is -0.162. The Kier molecular flexibility index (Phi) is 11.1. The van der Waals surface area contributed by atoms with Crippen molar-refractivity contribution in [3.63, 3.8) is 0 Å². The van der Waals surface area contributed by atoms with Gasteiger partial charge in [0.2, 0.25) is 0 Å². The van der Waals surface area contributed by atoms with E-state index in [2.05, 4.69) is 92.8 Å². The Morgan fingerprint density at radius 3 is 1.96 bits per heavy atom. The summed E-state index contributed by atoms with van der Waals surface area (Å²) in [5, 5.41) is -1.96. The molecule has 0 atom stereocenters. The van der Waals surface area contributed by atoms with Gasteiger partial charge in [0.1, 0.15) is 11.4 Å². The molecule has 47 heavy (non-hydrogen) atoms. The maximum Gasteiger partial charge on any atom is 0.367 e. The van der Waals surface area contributed by atoms with Gasteiger partial charge in [-0.15, -0.1) is 0 Å². The number of thiophene rings is 1. The summed E-state index contributed by atoms with van der Waals surface area (Å²) >= 11 is 0. The van der Waals surface area contributed by atoms with E-state index in [0.717, 1.165) is 49.0 Å². The molecule has 1 saturated carbocycles. The van der Waals surface area contributed by atoms with Gasteiger partial charge in [0.15, 0.2) is 37.6 Å². The van der Waals surface area contributed by atoms with Crippen molar-refractivity contribution < 1.29 is 45.6 Å². The second kappa shape index (κ2) is 14.5. The number of carbonyl (C=O) groups excluding carboxylic acids is 2. The molecule has 4 aromatic rings. The van der Waals surface area contributed by atoms with E-state index in [9.17, 15) is 31.3 Å². The number of alkyl halides is 2. The summed E-state index contributed by atoms with van der Waals surface area (Å²) in [7, 11) is -5.95. The van der Waals surface area contributed by atoms with Gasteiger partial charge in [-0.05, 0) is 88.3 Å². The van der Waals surface area contributed by atoms with Crippen LogP contribution in [-0.2, 0) is 29.2 Å². The Balaban J connectivity index is 0.000000304. The summed E-state index contributed by atoms with van der Waals surface area (Å²) in [6.45, 7) is 8.66. The van der Waals surface area contributed by atoms with Crippen LogP contribution in [0.15, 0.2) is 72.8 Å². The molecule has 8 nitrogen and oxygen atoms in total. The number of hydrogen-bond acceptors (Lipinski definition) is 8. The molecule has 1 fully saturated rings. The van der Waals surface area contributed by atoms with E-state index in [4.69, 9.17) is 9.47 Å². The van der Waals surface area contributed by atoms with Crippen molar-refractivity contribution >= 4 is 52.7 Å². The number of fused-ring (bicyclic) bond motifs is 3. The number of halogens is 2. The Labute approximate surface area is 276 Å². The molecule has 0 unspecified atom stereocenters. The van der Waals surface area contributed by atoms with Crippen molar-refractivity contribution in [3.05, 3.63) is 83.9 Å². The summed E-state index contributed by atoms with van der Waals surface area (Å²) in [6.07, 6.45) is 5.07. The van der Waals surface area contributed by atoms with Crippen LogP contribution >= 0.6 is 10.5 Å². The van der Waals surface area contributed by atoms with Crippen molar-refractivity contribution in [1.29, 1.82) is 0 Å². The average Bonchev–Trinajstić information content (AvgIpc) is 3.62. The largest absolute Gasteiger partial charge is 0.743 e. The molecule has 0 radical (unpaired) electrons. The Hall–Kier alpha value is -3.87. The minimum Gasteiger partial charge on any atom is -0.743 e. The van der Waals surface area contributed by atoms with E-state index in [0.29, 0.717) is 0 Å². The predicted molar refractivity (Wildman–Crippen MR) is 178 cm³/mol. The van der Waals surface area contributed by atoms with Gasteiger partial charge < -0.3 is 18.8 Å². The fourth-order valence-electron chi connectivity index (χ4n) is 5.66. The number of aryl methyl sites for hydroxylation is 2. The minimum absolute atomic E-state index is 0.0415. The highest BCUT2D eigenvalue weighted by atomic mass is 32.2. The third kappa shape index (κ3) is 8.17. The lowest BCUT2D eigenvalue weighted by Crippen LogP contribution is -2.34. The molecule has 0 N–H and O–H groups in total. The number of ether oxygens (including phenoxy) is 3. The molecule has 0 bridgehead atoms. The third-order valence-corrected chi connectivity index (χ3v) is 11.2. The van der Waals surface area contributed by atoms with E-state index in [1.54, 1.807) is 0 Å². The quantitative estimate of drug-likeness (QED) is 0.0708. The number of benzene rings is 3. The first-order valence-electron chi connectivity index (χ1n) is 15.1. The van der Waals surface area contributed by atoms with Crippen molar-refractivity contribution in [2.24, 2.45) is 0 Å². The highest BCUT2D eigenvalue weighted by Gasteiger charge is 2.39. The zero-order chi connectivity index (χ0) is 34.6. The average molecular weight is 689 g/mol. The molecular formula is C35H38F2O8S2. The molecule has 1 aliphatic rings. The molecule has 0 spiro atoms. The van der Waals surface area contributed by atoms with Gasteiger partial charge in [0.05, 0.1) is 0 Å². The normalized spacial score (nSPS) is 14.4. The van der Waals surface area contributed by atoms with E-state index in [1.165, 1.54) is 32.0 Å². The van der Waals surface area contributed by atoms with Crippen molar-refractivity contribution in [2.45, 2.75) is 70.7 Å². The standard InChI is InChI=1S/C29H31O3S.C6H8F2O5S/c1-4-29(15-9-10-16-29)32-27(30)19-31-28-20(2)17-22(18-21(28)3)33-25-13-7-5-11-23(25)24-12-6-8-14-26(24)33;1-4(2)5(9)13-3-6(7,8)14(10,11)12/h5-8,11-14,17-18H,4,9-10,15-16,19H2,1-3H3;1,3H2,2H3,(H,10,11,12)/q+1;/p-1. The van der Waals surface area contributed by atoms with Crippen LogP contribution in [0.3, 0.4) is 0 Å². The summed E-state index contributed by atoms with van der Waals surface area (Å²) in [6, 6.07) is 21.9. The topological polar surface area (TPSA) is 119 Å². The van der Waals surface area contributed by atoms with E-state index < -0.39 is 27.9 Å². The van der Waals surface area contributed by atoms with Crippen molar-refractivity contribution in [3.8, 4) is 10.6 Å². The van der Waals surface area contributed by atoms with Crippen LogP contribution < -0.4 is 4.74 Å². The van der Waals surface area contributed by atoms with Gasteiger partial charge in [-0.1, -0.05) is 37.8 Å². The monoisotopic (exact) mass is 688 g/mol. The maximum absolute atomic E-state index is 12.6. The first-order chi connectivity index (χ1) is 22.1. The molecule has 0 amide bonds. The van der Waals surface area contributed by atoms with E-state index >= 15 is 0 Å². The summed E-state index contributed by atoms with van der Waals surface area (Å²) < 4.78 is 72.9. The van der Waals surface area contributed by atoms with Crippen LogP contribution in [0.2, 0.25) is 0 Å². The number of esters is 2. The van der Waals surface area contributed by atoms with Crippen LogP contribution in [0.1, 0.15) is 57.1 Å². The lowest BCUT2D eigenvalue weighted by Gasteiger charge is -2.27. The summed E-state index contributed by atoms with van der Waals surface area (Å²) in [4.78, 5) is 24.4. The van der Waals surface area contributed by atoms with Gasteiger partial charge in [-0.25, -0.2) is 18.0 Å². The Morgan fingerprint density at radius 1 is 0.979 bits per heavy atom. The molecular weight excluding hydrogens is 651 g/mol. The molecule has 0 aliphatic heterocycles. The molecule has 1 aromatic heterocycles. The van der Waals surface area contributed by atoms with Crippen molar-refractivity contribution in [1.82, 2.24) is 0 Å². The van der Waals surface area contributed by atoms with Crippen LogP contribution in [0.25, 0.3) is 25.1 Å². The summed E-state index contributed by atoms with van der Waals surface area (Å²) in [5.74, 6) is -0.660. The second-order valence-electron chi connectivity index (χ2n) is 11.6. The number of hydrogen-bond donors (Lipinski definition) is 0. The highest BCUT2D eigenvalue weighted by molar-refractivity contribution is 7.86. The van der Waals surface area contributed by atoms with Gasteiger partial charge in [0.25, 0.3) is 0 Å². The number of carbonyl (C=O) groups is 2. The minimum atomic E-state index is -5.81. The molecule has 252 valence electrons. The molecule has 1 heterocycles. The van der Waals surface area contributed by atoms with Crippen LogP contribution in [0.4, 0.5) is 8.78 Å². The SMILES string of the molecule is C=C(C)C(=O)OCC(F)(F)S(=O)(=O)[O-].CCC1(OC(=O)COc2c(C)cc(-[s+]3c4ccccc4c4ccccc43)cc2C)CCCC1. The fourth-order valence-corrected chi connectivity index (χ4v) is 8.42.